The fraction of sp³-hybridized carbons (Fsp3) is 0.533. The van der Waals surface area contributed by atoms with Crippen LogP contribution in [0.5, 0.6) is 0 Å². The summed E-state index contributed by atoms with van der Waals surface area (Å²) in [5, 5.41) is 3.45. The van der Waals surface area contributed by atoms with E-state index in [0.29, 0.717) is 6.04 Å². The third-order valence-corrected chi connectivity index (χ3v) is 3.48. The molecule has 0 aliphatic carbocycles. The summed E-state index contributed by atoms with van der Waals surface area (Å²) in [6.45, 7) is 6.05. The van der Waals surface area contributed by atoms with Crippen molar-refractivity contribution in [3.63, 3.8) is 0 Å². The molecule has 0 spiro atoms. The molecular formula is C15H22N2O. The minimum Gasteiger partial charge on any atom is -0.335 e. The van der Waals surface area contributed by atoms with E-state index in [-0.39, 0.29) is 11.9 Å². The van der Waals surface area contributed by atoms with Gasteiger partial charge >= 0.3 is 0 Å². The highest BCUT2D eigenvalue weighted by molar-refractivity contribution is 5.94. The molecule has 0 aromatic heterocycles. The Morgan fingerprint density at radius 2 is 2.11 bits per heavy atom. The second-order valence-electron chi connectivity index (χ2n) is 5.21. The molecule has 2 rings (SSSR count). The van der Waals surface area contributed by atoms with Gasteiger partial charge in [0.1, 0.15) is 0 Å². The lowest BCUT2D eigenvalue weighted by Crippen LogP contribution is -2.44. The molecular weight excluding hydrogens is 224 g/mol. The average Bonchev–Trinajstić information content (AvgIpc) is 2.89. The second-order valence-corrected chi connectivity index (χ2v) is 5.21. The molecule has 1 saturated heterocycles. The SMILES string of the molecule is CC(C)N(CC1CCCN1)C(=O)c1ccccc1. The Labute approximate surface area is 109 Å². The van der Waals surface area contributed by atoms with Crippen molar-refractivity contribution in [2.24, 2.45) is 0 Å². The molecule has 1 amide bonds. The van der Waals surface area contributed by atoms with Gasteiger partial charge in [0.2, 0.25) is 0 Å². The van der Waals surface area contributed by atoms with Crippen molar-refractivity contribution in [1.29, 1.82) is 0 Å². The minimum absolute atomic E-state index is 0.138. The molecule has 1 atom stereocenters. The maximum Gasteiger partial charge on any atom is 0.254 e. The molecule has 0 bridgehead atoms. The number of hydrogen-bond acceptors (Lipinski definition) is 2. The van der Waals surface area contributed by atoms with E-state index in [1.165, 1.54) is 12.8 Å². The molecule has 3 nitrogen and oxygen atoms in total. The van der Waals surface area contributed by atoms with Crippen LogP contribution in [0.1, 0.15) is 37.0 Å². The maximum atomic E-state index is 12.5. The highest BCUT2D eigenvalue weighted by atomic mass is 16.2. The van der Waals surface area contributed by atoms with Crippen molar-refractivity contribution in [3.05, 3.63) is 35.9 Å². The molecule has 1 aromatic carbocycles. The van der Waals surface area contributed by atoms with Crippen LogP contribution in [0.3, 0.4) is 0 Å². The van der Waals surface area contributed by atoms with Gasteiger partial charge in [-0.3, -0.25) is 4.79 Å². The Kier molecular flexibility index (Phi) is 4.37. The molecule has 1 aliphatic heterocycles. The van der Waals surface area contributed by atoms with E-state index in [1.54, 1.807) is 0 Å². The van der Waals surface area contributed by atoms with Gasteiger partial charge in [-0.15, -0.1) is 0 Å². The van der Waals surface area contributed by atoms with Crippen LogP contribution in [-0.2, 0) is 0 Å². The summed E-state index contributed by atoms with van der Waals surface area (Å²) in [6, 6.07) is 10.2. The van der Waals surface area contributed by atoms with Gasteiger partial charge in [-0.05, 0) is 45.4 Å². The summed E-state index contributed by atoms with van der Waals surface area (Å²) in [5.41, 5.74) is 0.782. The van der Waals surface area contributed by atoms with Gasteiger partial charge in [0, 0.05) is 24.2 Å². The first-order valence-electron chi connectivity index (χ1n) is 6.78. The van der Waals surface area contributed by atoms with Crippen molar-refractivity contribution < 1.29 is 4.79 Å². The standard InChI is InChI=1S/C15H22N2O/c1-12(2)17(11-14-9-6-10-16-14)15(18)13-7-4-3-5-8-13/h3-5,7-8,12,14,16H,6,9-11H2,1-2H3. The summed E-state index contributed by atoms with van der Waals surface area (Å²) in [5.74, 6) is 0.138. The van der Waals surface area contributed by atoms with Gasteiger partial charge < -0.3 is 10.2 Å². The Bertz CT molecular complexity index is 383. The number of hydrogen-bond donors (Lipinski definition) is 1. The van der Waals surface area contributed by atoms with Crippen LogP contribution in [-0.4, -0.2) is 36.0 Å². The summed E-state index contributed by atoms with van der Waals surface area (Å²) < 4.78 is 0. The van der Waals surface area contributed by atoms with Crippen LogP contribution in [0, 0.1) is 0 Å². The third-order valence-electron chi connectivity index (χ3n) is 3.48. The second kappa shape index (κ2) is 6.01. The van der Waals surface area contributed by atoms with Gasteiger partial charge in [0.25, 0.3) is 5.91 Å². The molecule has 1 unspecified atom stereocenters. The molecule has 0 saturated carbocycles. The number of benzene rings is 1. The van der Waals surface area contributed by atoms with Crippen molar-refractivity contribution in [2.45, 2.75) is 38.8 Å². The third kappa shape index (κ3) is 3.10. The zero-order valence-electron chi connectivity index (χ0n) is 11.2. The predicted octanol–water partition coefficient (Wildman–Crippen LogP) is 2.29. The Hall–Kier alpha value is -1.35. The van der Waals surface area contributed by atoms with E-state index in [1.807, 2.05) is 35.2 Å². The molecule has 3 heteroatoms. The van der Waals surface area contributed by atoms with E-state index in [4.69, 9.17) is 0 Å². The smallest absolute Gasteiger partial charge is 0.254 e. The van der Waals surface area contributed by atoms with Crippen LogP contribution in [0.2, 0.25) is 0 Å². The zero-order chi connectivity index (χ0) is 13.0. The van der Waals surface area contributed by atoms with Gasteiger partial charge in [-0.2, -0.15) is 0 Å². The van der Waals surface area contributed by atoms with Crippen LogP contribution in [0.4, 0.5) is 0 Å². The monoisotopic (exact) mass is 246 g/mol. The number of nitrogens with one attached hydrogen (secondary N) is 1. The van der Waals surface area contributed by atoms with Crippen LogP contribution >= 0.6 is 0 Å². The number of carbonyl (C=O) groups is 1. The fourth-order valence-electron chi connectivity index (χ4n) is 2.42. The zero-order valence-corrected chi connectivity index (χ0v) is 11.2. The molecule has 18 heavy (non-hydrogen) atoms. The lowest BCUT2D eigenvalue weighted by Gasteiger charge is -2.29. The van der Waals surface area contributed by atoms with Crippen molar-refractivity contribution in [1.82, 2.24) is 10.2 Å². The number of rotatable bonds is 4. The molecule has 0 radical (unpaired) electrons. The quantitative estimate of drug-likeness (QED) is 0.884. The lowest BCUT2D eigenvalue weighted by molar-refractivity contribution is 0.0689. The minimum atomic E-state index is 0.138. The summed E-state index contributed by atoms with van der Waals surface area (Å²) in [7, 11) is 0. The molecule has 1 aromatic rings. The van der Waals surface area contributed by atoms with Gasteiger partial charge in [0.05, 0.1) is 0 Å². The van der Waals surface area contributed by atoms with E-state index < -0.39 is 0 Å². The fourth-order valence-corrected chi connectivity index (χ4v) is 2.42. The number of carbonyl (C=O) groups excluding carboxylic acids is 1. The van der Waals surface area contributed by atoms with Crippen molar-refractivity contribution in [2.75, 3.05) is 13.1 Å². The molecule has 1 heterocycles. The molecule has 1 aliphatic rings. The maximum absolute atomic E-state index is 12.5. The van der Waals surface area contributed by atoms with E-state index in [2.05, 4.69) is 19.2 Å². The topological polar surface area (TPSA) is 32.3 Å². The average molecular weight is 246 g/mol. The van der Waals surface area contributed by atoms with E-state index >= 15 is 0 Å². The van der Waals surface area contributed by atoms with Gasteiger partial charge in [-0.25, -0.2) is 0 Å². The van der Waals surface area contributed by atoms with E-state index in [9.17, 15) is 4.79 Å². The normalized spacial score (nSPS) is 19.2. The predicted molar refractivity (Wildman–Crippen MR) is 73.6 cm³/mol. The van der Waals surface area contributed by atoms with Crippen molar-refractivity contribution >= 4 is 5.91 Å². The molecule has 98 valence electrons. The summed E-state index contributed by atoms with van der Waals surface area (Å²) >= 11 is 0. The van der Waals surface area contributed by atoms with Crippen LogP contribution in [0.25, 0.3) is 0 Å². The first-order chi connectivity index (χ1) is 8.68. The van der Waals surface area contributed by atoms with Gasteiger partial charge in [0.15, 0.2) is 0 Å². The Morgan fingerprint density at radius 3 is 2.67 bits per heavy atom. The van der Waals surface area contributed by atoms with Crippen LogP contribution < -0.4 is 5.32 Å². The molecule has 1 N–H and O–H groups in total. The number of amides is 1. The van der Waals surface area contributed by atoms with Crippen molar-refractivity contribution in [3.8, 4) is 0 Å². The Balaban J connectivity index is 2.07. The molecule has 1 fully saturated rings. The van der Waals surface area contributed by atoms with Gasteiger partial charge in [-0.1, -0.05) is 18.2 Å². The lowest BCUT2D eigenvalue weighted by atomic mass is 10.1. The highest BCUT2D eigenvalue weighted by Gasteiger charge is 2.24. The summed E-state index contributed by atoms with van der Waals surface area (Å²) in [4.78, 5) is 14.4. The van der Waals surface area contributed by atoms with E-state index in [0.717, 1.165) is 18.7 Å². The number of nitrogens with zero attached hydrogens (tertiary/aromatic N) is 1. The first-order valence-corrected chi connectivity index (χ1v) is 6.78. The first kappa shape index (κ1) is 13.1. The summed E-state index contributed by atoms with van der Waals surface area (Å²) in [6.07, 6.45) is 2.39. The van der Waals surface area contributed by atoms with Crippen LogP contribution in [0.15, 0.2) is 30.3 Å². The highest BCUT2D eigenvalue weighted by Crippen LogP contribution is 2.13. The Morgan fingerprint density at radius 1 is 1.39 bits per heavy atom. The largest absolute Gasteiger partial charge is 0.335 e.